The first-order chi connectivity index (χ1) is 22.3. The van der Waals surface area contributed by atoms with Crippen LogP contribution in [0.3, 0.4) is 0 Å². The van der Waals surface area contributed by atoms with Gasteiger partial charge in [-0.25, -0.2) is 19.2 Å². The molecule has 0 radical (unpaired) electrons. The van der Waals surface area contributed by atoms with Crippen molar-refractivity contribution in [2.45, 2.75) is 13.1 Å². The maximum absolute atomic E-state index is 13.9. The molecule has 14 heteroatoms. The van der Waals surface area contributed by atoms with Gasteiger partial charge in [0.25, 0.3) is 23.6 Å². The molecule has 10 nitrogen and oxygen atoms in total. The quantitative estimate of drug-likeness (QED) is 0.145. The number of aromatic nitrogens is 4. The zero-order chi connectivity index (χ0) is 31.7. The van der Waals surface area contributed by atoms with Crippen LogP contribution in [-0.2, 0) is 13.1 Å². The average molecular weight is 679 g/mol. The van der Waals surface area contributed by atoms with Gasteiger partial charge in [0.15, 0.2) is 7.91 Å². The summed E-state index contributed by atoms with van der Waals surface area (Å²) < 4.78 is 3.95. The fraction of sp³-hybridized carbons (Fsp3) is 0.0625. The van der Waals surface area contributed by atoms with Crippen LogP contribution < -0.4 is 9.80 Å². The van der Waals surface area contributed by atoms with Crippen LogP contribution in [0.25, 0.3) is 10.8 Å². The second-order valence-electron chi connectivity index (χ2n) is 10.6. The highest BCUT2D eigenvalue weighted by Crippen LogP contribution is 2.40. The Hall–Kier alpha value is -5.02. The fourth-order valence-electron chi connectivity index (χ4n) is 5.71. The SMILES string of the molecule is O=C1c2ccc3c4c(ccc(c24)C(=O)N1c1nn(Cc2ccccc2)c(=S)s1)C(=O)N(c1nn(Cc2ccccc2)c(=S)s1)C3=O. The summed E-state index contributed by atoms with van der Waals surface area (Å²) in [6.45, 7) is 0.759. The monoisotopic (exact) mass is 678 g/mol. The van der Waals surface area contributed by atoms with Crippen molar-refractivity contribution in [3.8, 4) is 0 Å². The normalized spacial score (nSPS) is 14.1. The van der Waals surface area contributed by atoms with E-state index in [0.717, 1.165) is 43.6 Å². The number of benzene rings is 4. The smallest absolute Gasteiger partial charge is 0.267 e. The van der Waals surface area contributed by atoms with E-state index in [4.69, 9.17) is 24.4 Å². The van der Waals surface area contributed by atoms with E-state index in [0.29, 0.717) is 21.0 Å². The van der Waals surface area contributed by atoms with Crippen molar-refractivity contribution in [3.05, 3.63) is 126 Å². The van der Waals surface area contributed by atoms with Gasteiger partial charge < -0.3 is 0 Å². The van der Waals surface area contributed by atoms with Crippen LogP contribution in [0.4, 0.5) is 10.3 Å². The Morgan fingerprint density at radius 3 is 1.15 bits per heavy atom. The topological polar surface area (TPSA) is 110 Å². The van der Waals surface area contributed by atoms with Crippen molar-refractivity contribution in [2.24, 2.45) is 0 Å². The Bertz CT molecular complexity index is 2170. The number of carbonyl (C=O) groups excluding carboxylic acids is 4. The van der Waals surface area contributed by atoms with Gasteiger partial charge in [-0.2, -0.15) is 0 Å². The van der Waals surface area contributed by atoms with Crippen LogP contribution in [0.15, 0.2) is 84.9 Å². The molecule has 2 aromatic heterocycles. The number of carbonyl (C=O) groups is 4. The Balaban J connectivity index is 1.17. The molecular formula is C32H18N6O4S4. The maximum Gasteiger partial charge on any atom is 0.267 e. The molecule has 0 saturated carbocycles. The second-order valence-corrected chi connectivity index (χ2v) is 13.8. The highest BCUT2D eigenvalue weighted by Gasteiger charge is 2.42. The summed E-state index contributed by atoms with van der Waals surface area (Å²) in [4.78, 5) is 57.6. The number of hydrogen-bond donors (Lipinski definition) is 0. The summed E-state index contributed by atoms with van der Waals surface area (Å²) in [5, 5.41) is 9.83. The standard InChI is InChI=1S/C32H18N6O4S4/c39-25-19-11-13-21-24-22(28(42)38(27(21)41)30-34-36(32(44)46-30)16-18-9-5-2-6-10-18)14-12-20(23(19)24)26(40)37(25)29-33-35(31(43)45-29)15-17-7-3-1-4-8-17/h1-14H,15-16H2. The average Bonchev–Trinajstić information content (AvgIpc) is 3.60. The number of rotatable bonds is 6. The highest BCUT2D eigenvalue weighted by atomic mass is 32.2. The Labute approximate surface area is 278 Å². The number of imide groups is 2. The zero-order valence-electron chi connectivity index (χ0n) is 23.4. The van der Waals surface area contributed by atoms with Gasteiger partial charge in [-0.05, 0) is 59.8 Å². The maximum atomic E-state index is 13.9. The first-order valence-electron chi connectivity index (χ1n) is 13.9. The highest BCUT2D eigenvalue weighted by molar-refractivity contribution is 7.73. The molecule has 2 aliphatic rings. The van der Waals surface area contributed by atoms with Crippen molar-refractivity contribution in [3.63, 3.8) is 0 Å². The van der Waals surface area contributed by atoms with Crippen molar-refractivity contribution in [2.75, 3.05) is 9.80 Å². The van der Waals surface area contributed by atoms with Crippen molar-refractivity contribution < 1.29 is 19.2 Å². The van der Waals surface area contributed by atoms with E-state index in [1.54, 1.807) is 9.36 Å². The summed E-state index contributed by atoms with van der Waals surface area (Å²) in [5.74, 6) is -2.46. The molecule has 0 N–H and O–H groups in total. The van der Waals surface area contributed by atoms with E-state index >= 15 is 0 Å². The van der Waals surface area contributed by atoms with E-state index < -0.39 is 23.6 Å². The third-order valence-electron chi connectivity index (χ3n) is 7.82. The predicted molar refractivity (Wildman–Crippen MR) is 179 cm³/mol. The lowest BCUT2D eigenvalue weighted by atomic mass is 9.86. The summed E-state index contributed by atoms with van der Waals surface area (Å²) in [7, 11) is 0. The van der Waals surface area contributed by atoms with Gasteiger partial charge in [-0.15, -0.1) is 10.2 Å². The molecule has 0 fully saturated rings. The minimum Gasteiger partial charge on any atom is -0.268 e. The van der Waals surface area contributed by atoms with E-state index in [-0.39, 0.29) is 43.3 Å². The molecule has 6 aromatic rings. The lowest BCUT2D eigenvalue weighted by Gasteiger charge is -2.30. The molecule has 224 valence electrons. The molecule has 0 aliphatic carbocycles. The Kier molecular flexibility index (Phi) is 6.68. The molecule has 0 atom stereocenters. The van der Waals surface area contributed by atoms with Gasteiger partial charge in [0.1, 0.15) is 0 Å². The van der Waals surface area contributed by atoms with Crippen LogP contribution in [0.2, 0.25) is 0 Å². The number of hydrogen-bond acceptors (Lipinski definition) is 10. The fourth-order valence-corrected chi connectivity index (χ4v) is 7.89. The number of amides is 4. The van der Waals surface area contributed by atoms with Gasteiger partial charge in [-0.3, -0.25) is 19.2 Å². The molecular weight excluding hydrogens is 661 g/mol. The Morgan fingerprint density at radius 2 is 0.826 bits per heavy atom. The summed E-state index contributed by atoms with van der Waals surface area (Å²) in [5.41, 5.74) is 2.66. The first kappa shape index (κ1) is 28.5. The molecule has 0 bridgehead atoms. The van der Waals surface area contributed by atoms with Crippen molar-refractivity contribution >= 4 is 91.8 Å². The third kappa shape index (κ3) is 4.41. The number of anilines is 2. The molecule has 4 aromatic carbocycles. The second kappa shape index (κ2) is 10.8. The largest absolute Gasteiger partial charge is 0.268 e. The third-order valence-corrected chi connectivity index (χ3v) is 10.4. The molecule has 0 unspecified atom stereocenters. The molecule has 0 spiro atoms. The van der Waals surface area contributed by atoms with E-state index in [9.17, 15) is 19.2 Å². The van der Waals surface area contributed by atoms with E-state index in [2.05, 4.69) is 10.2 Å². The van der Waals surface area contributed by atoms with E-state index in [1.165, 1.54) is 24.3 Å². The van der Waals surface area contributed by atoms with Gasteiger partial charge in [-0.1, -0.05) is 83.3 Å². The number of nitrogens with zero attached hydrogens (tertiary/aromatic N) is 6. The predicted octanol–water partition coefficient (Wildman–Crippen LogP) is 6.51. The molecule has 8 rings (SSSR count). The van der Waals surface area contributed by atoms with Crippen molar-refractivity contribution in [1.82, 2.24) is 19.6 Å². The molecule has 0 saturated heterocycles. The molecule has 2 aliphatic heterocycles. The molecule has 4 amide bonds. The lowest BCUT2D eigenvalue weighted by molar-refractivity contribution is 0.0872. The lowest BCUT2D eigenvalue weighted by Crippen LogP contribution is -2.43. The van der Waals surface area contributed by atoms with Gasteiger partial charge in [0.05, 0.1) is 13.1 Å². The summed E-state index contributed by atoms with van der Waals surface area (Å²) >= 11 is 13.1. The van der Waals surface area contributed by atoms with Crippen molar-refractivity contribution in [1.29, 1.82) is 0 Å². The molecule has 4 heterocycles. The van der Waals surface area contributed by atoms with Crippen LogP contribution in [0.1, 0.15) is 52.6 Å². The zero-order valence-corrected chi connectivity index (χ0v) is 26.7. The van der Waals surface area contributed by atoms with Crippen LogP contribution in [0.5, 0.6) is 0 Å². The van der Waals surface area contributed by atoms with Gasteiger partial charge in [0.2, 0.25) is 10.3 Å². The Morgan fingerprint density at radius 1 is 0.500 bits per heavy atom. The van der Waals surface area contributed by atoms with Gasteiger partial charge >= 0.3 is 0 Å². The van der Waals surface area contributed by atoms with Crippen LogP contribution in [-0.4, -0.2) is 43.2 Å². The van der Waals surface area contributed by atoms with E-state index in [1.807, 2.05) is 60.7 Å². The van der Waals surface area contributed by atoms with Gasteiger partial charge in [0, 0.05) is 33.0 Å². The minimum absolute atomic E-state index is 0.139. The van der Waals surface area contributed by atoms with Crippen LogP contribution >= 0.6 is 47.1 Å². The minimum atomic E-state index is -0.614. The summed E-state index contributed by atoms with van der Waals surface area (Å²) in [6, 6.07) is 25.2. The van der Waals surface area contributed by atoms with Crippen LogP contribution in [0, 0.1) is 7.91 Å². The first-order valence-corrected chi connectivity index (χ1v) is 16.4. The summed E-state index contributed by atoms with van der Waals surface area (Å²) in [6.07, 6.45) is 0. The molecule has 46 heavy (non-hydrogen) atoms.